The maximum Gasteiger partial charge on any atom is 0.0612 e. The average Bonchev–Trinajstić information content (AvgIpc) is 2.04. The van der Waals surface area contributed by atoms with Crippen molar-refractivity contribution in [3.63, 3.8) is 0 Å². The van der Waals surface area contributed by atoms with Gasteiger partial charge in [-0.25, -0.2) is 0 Å². The average molecular weight is 533 g/mol. The number of nitrogens with one attached hydrogen (secondary N) is 1. The quantitative estimate of drug-likeness (QED) is 0.443. The van der Waals surface area contributed by atoms with Gasteiger partial charge >= 0.3 is 0 Å². The fourth-order valence-electron chi connectivity index (χ4n) is 0.983. The maximum atomic E-state index is 5.88. The summed E-state index contributed by atoms with van der Waals surface area (Å²) in [5, 5.41) is 3.19. The van der Waals surface area contributed by atoms with Crippen molar-refractivity contribution in [1.82, 2.24) is 0 Å². The zero-order chi connectivity index (χ0) is 10.0. The Morgan fingerprint density at radius 2 is 1.92 bits per heavy atom. The number of hydrogen-bond donors (Lipinski definition) is 1. The monoisotopic (exact) mass is 533 g/mol. The third-order valence-electron chi connectivity index (χ3n) is 1.65. The molecule has 1 aromatic carbocycles. The summed E-state index contributed by atoms with van der Waals surface area (Å²) < 4.78 is 3.70. The molecule has 0 bridgehead atoms. The highest BCUT2D eigenvalue weighted by Crippen LogP contribution is 2.32. The molecule has 0 aromatic heterocycles. The minimum absolute atomic E-state index is 0.572. The minimum atomic E-state index is 0.572. The van der Waals surface area contributed by atoms with Crippen LogP contribution in [0, 0.1) is 10.7 Å². The SMILES string of the molecule is CNc1c(I)cc(I)c(CCl)c1I. The lowest BCUT2D eigenvalue weighted by molar-refractivity contribution is 1.30. The molecule has 1 aromatic rings. The van der Waals surface area contributed by atoms with Crippen LogP contribution in [0.5, 0.6) is 0 Å². The number of alkyl halides is 1. The van der Waals surface area contributed by atoms with Gasteiger partial charge in [-0.2, -0.15) is 0 Å². The van der Waals surface area contributed by atoms with Gasteiger partial charge in [-0.05, 0) is 79.4 Å². The van der Waals surface area contributed by atoms with E-state index >= 15 is 0 Å². The summed E-state index contributed by atoms with van der Waals surface area (Å²) in [6.45, 7) is 0. The van der Waals surface area contributed by atoms with Crippen molar-refractivity contribution in [3.8, 4) is 0 Å². The minimum Gasteiger partial charge on any atom is -0.386 e. The lowest BCUT2D eigenvalue weighted by Gasteiger charge is -2.12. The van der Waals surface area contributed by atoms with Gasteiger partial charge in [0, 0.05) is 23.6 Å². The summed E-state index contributed by atoms with van der Waals surface area (Å²) in [5.41, 5.74) is 2.39. The van der Waals surface area contributed by atoms with Gasteiger partial charge in [0.1, 0.15) is 0 Å². The van der Waals surface area contributed by atoms with Gasteiger partial charge in [-0.3, -0.25) is 0 Å². The van der Waals surface area contributed by atoms with Crippen LogP contribution in [-0.2, 0) is 5.88 Å². The van der Waals surface area contributed by atoms with E-state index in [1.165, 1.54) is 22.0 Å². The molecule has 0 radical (unpaired) electrons. The fraction of sp³-hybridized carbons (Fsp3) is 0.250. The van der Waals surface area contributed by atoms with Gasteiger partial charge < -0.3 is 5.32 Å². The summed E-state index contributed by atoms with van der Waals surface area (Å²) >= 11 is 12.9. The highest BCUT2D eigenvalue weighted by Gasteiger charge is 2.11. The number of anilines is 1. The molecule has 0 aliphatic heterocycles. The van der Waals surface area contributed by atoms with Crippen LogP contribution in [0.4, 0.5) is 5.69 Å². The normalized spacial score (nSPS) is 10.2. The first-order chi connectivity index (χ1) is 6.11. The molecule has 0 amide bonds. The molecule has 1 N–H and O–H groups in total. The first-order valence-electron chi connectivity index (χ1n) is 3.52. The van der Waals surface area contributed by atoms with Gasteiger partial charge in [0.15, 0.2) is 0 Å². The van der Waals surface area contributed by atoms with Crippen molar-refractivity contribution in [2.45, 2.75) is 5.88 Å². The van der Waals surface area contributed by atoms with E-state index in [0.29, 0.717) is 5.88 Å². The molecule has 0 atom stereocenters. The molecule has 0 aliphatic carbocycles. The molecule has 72 valence electrons. The molecule has 1 rings (SSSR count). The van der Waals surface area contributed by atoms with Crippen LogP contribution < -0.4 is 5.32 Å². The summed E-state index contributed by atoms with van der Waals surface area (Å²) in [5.74, 6) is 0.572. The molecule has 0 unspecified atom stereocenters. The number of rotatable bonds is 2. The lowest BCUT2D eigenvalue weighted by Crippen LogP contribution is -2.00. The molecular weight excluding hydrogens is 526 g/mol. The second-order valence-corrected chi connectivity index (χ2v) is 6.06. The van der Waals surface area contributed by atoms with Crippen LogP contribution in [-0.4, -0.2) is 7.05 Å². The first kappa shape index (κ1) is 12.6. The number of benzene rings is 1. The highest BCUT2D eigenvalue weighted by atomic mass is 127. The summed E-state index contributed by atoms with van der Waals surface area (Å²) in [7, 11) is 1.94. The van der Waals surface area contributed by atoms with Crippen molar-refractivity contribution in [2.24, 2.45) is 0 Å². The van der Waals surface area contributed by atoms with Gasteiger partial charge in [0.2, 0.25) is 0 Å². The first-order valence-corrected chi connectivity index (χ1v) is 7.29. The van der Waals surface area contributed by atoms with Crippen LogP contribution in [0.2, 0.25) is 0 Å². The van der Waals surface area contributed by atoms with Crippen LogP contribution >= 0.6 is 79.4 Å². The zero-order valence-corrected chi connectivity index (χ0v) is 14.0. The van der Waals surface area contributed by atoms with E-state index in [0.717, 1.165) is 0 Å². The smallest absolute Gasteiger partial charge is 0.0612 e. The molecular formula is C8H7ClI3N. The van der Waals surface area contributed by atoms with Crippen molar-refractivity contribution < 1.29 is 0 Å². The van der Waals surface area contributed by atoms with Crippen molar-refractivity contribution in [1.29, 1.82) is 0 Å². The molecule has 0 heterocycles. The van der Waals surface area contributed by atoms with Gasteiger partial charge in [0.05, 0.1) is 5.69 Å². The number of hydrogen-bond acceptors (Lipinski definition) is 1. The Bertz CT molecular complexity index is 299. The second-order valence-electron chi connectivity index (χ2n) is 2.39. The summed E-state index contributed by atoms with van der Waals surface area (Å²) in [6, 6.07) is 2.15. The topological polar surface area (TPSA) is 12.0 Å². The van der Waals surface area contributed by atoms with E-state index in [4.69, 9.17) is 11.6 Å². The third-order valence-corrected chi connectivity index (χ3v) is 4.92. The molecule has 0 saturated heterocycles. The Hall–Kier alpha value is 1.50. The van der Waals surface area contributed by atoms with E-state index in [1.54, 1.807) is 0 Å². The van der Waals surface area contributed by atoms with Gasteiger partial charge in [-0.1, -0.05) is 0 Å². The largest absolute Gasteiger partial charge is 0.386 e. The van der Waals surface area contributed by atoms with Gasteiger partial charge in [-0.15, -0.1) is 11.6 Å². The molecule has 0 fully saturated rings. The fourth-order valence-corrected chi connectivity index (χ4v) is 6.00. The van der Waals surface area contributed by atoms with Gasteiger partial charge in [0.25, 0.3) is 0 Å². The Morgan fingerprint density at radius 1 is 1.31 bits per heavy atom. The van der Waals surface area contributed by atoms with Crippen molar-refractivity contribution in [2.75, 3.05) is 12.4 Å². The standard InChI is InChI=1S/C8H7ClI3N/c1-13-8-6(11)2-5(10)4(3-9)7(8)12/h2,13H,3H2,1H3. The number of halogens is 4. The molecule has 13 heavy (non-hydrogen) atoms. The lowest BCUT2D eigenvalue weighted by atomic mass is 10.2. The van der Waals surface area contributed by atoms with E-state index in [1.807, 2.05) is 7.05 Å². The van der Waals surface area contributed by atoms with E-state index in [9.17, 15) is 0 Å². The Morgan fingerprint density at radius 3 is 2.38 bits per heavy atom. The molecule has 0 saturated carbocycles. The Kier molecular flexibility index (Phi) is 5.36. The molecule has 1 nitrogen and oxygen atoms in total. The highest BCUT2D eigenvalue weighted by molar-refractivity contribution is 14.1. The Balaban J connectivity index is 3.39. The molecule has 0 aliphatic rings. The van der Waals surface area contributed by atoms with Crippen LogP contribution in [0.1, 0.15) is 5.56 Å². The summed E-state index contributed by atoms with van der Waals surface area (Å²) in [4.78, 5) is 0. The zero-order valence-electron chi connectivity index (χ0n) is 6.80. The van der Waals surface area contributed by atoms with Crippen molar-refractivity contribution in [3.05, 3.63) is 22.3 Å². The van der Waals surface area contributed by atoms with E-state index < -0.39 is 0 Å². The van der Waals surface area contributed by atoms with E-state index in [2.05, 4.69) is 79.2 Å². The second kappa shape index (κ2) is 5.55. The predicted molar refractivity (Wildman–Crippen MR) is 83.7 cm³/mol. The van der Waals surface area contributed by atoms with Crippen LogP contribution in [0.25, 0.3) is 0 Å². The van der Waals surface area contributed by atoms with Crippen LogP contribution in [0.3, 0.4) is 0 Å². The maximum absolute atomic E-state index is 5.88. The van der Waals surface area contributed by atoms with Crippen molar-refractivity contribution >= 4 is 85.1 Å². The Labute approximate surface area is 124 Å². The molecule has 5 heteroatoms. The molecule has 0 spiro atoms. The van der Waals surface area contributed by atoms with Crippen LogP contribution in [0.15, 0.2) is 6.07 Å². The van der Waals surface area contributed by atoms with E-state index in [-0.39, 0.29) is 0 Å². The summed E-state index contributed by atoms with van der Waals surface area (Å²) in [6.07, 6.45) is 0. The third kappa shape index (κ3) is 2.75. The predicted octanol–water partition coefficient (Wildman–Crippen LogP) is 4.28.